The Bertz CT molecular complexity index is 357. The van der Waals surface area contributed by atoms with E-state index in [1.807, 2.05) is 20.8 Å². The Labute approximate surface area is 90.1 Å². The molecule has 1 N–H and O–H groups in total. The molecule has 0 aliphatic carbocycles. The van der Waals surface area contributed by atoms with Crippen LogP contribution in [0.1, 0.15) is 32.0 Å². The zero-order valence-corrected chi connectivity index (χ0v) is 9.50. The van der Waals surface area contributed by atoms with Gasteiger partial charge in [0.15, 0.2) is 0 Å². The summed E-state index contributed by atoms with van der Waals surface area (Å²) in [4.78, 5) is 8.48. The molecule has 0 atom stereocenters. The molecule has 1 aromatic heterocycles. The van der Waals surface area contributed by atoms with E-state index in [1.54, 1.807) is 6.33 Å². The maximum absolute atomic E-state index is 5.81. The normalized spacial score (nSPS) is 15.9. The van der Waals surface area contributed by atoms with Crippen LogP contribution in [0.4, 0.5) is 0 Å². The van der Waals surface area contributed by atoms with Crippen molar-refractivity contribution >= 4 is 0 Å². The summed E-state index contributed by atoms with van der Waals surface area (Å²) >= 11 is 0. The Balaban J connectivity index is 2.31. The van der Waals surface area contributed by atoms with Gasteiger partial charge in [0.2, 0.25) is 5.88 Å². The van der Waals surface area contributed by atoms with Crippen LogP contribution in [0, 0.1) is 0 Å². The number of aromatic nitrogens is 2. The van der Waals surface area contributed by atoms with E-state index in [0.29, 0.717) is 0 Å². The fraction of sp³-hybridized carbons (Fsp3) is 0.636. The number of nitrogens with one attached hydrogen (secondary N) is 1. The van der Waals surface area contributed by atoms with Gasteiger partial charge in [-0.3, -0.25) is 0 Å². The van der Waals surface area contributed by atoms with E-state index < -0.39 is 0 Å². The minimum Gasteiger partial charge on any atom is -0.472 e. The zero-order valence-electron chi connectivity index (χ0n) is 9.50. The van der Waals surface area contributed by atoms with Crippen molar-refractivity contribution in [3.8, 4) is 5.88 Å². The van der Waals surface area contributed by atoms with Gasteiger partial charge in [-0.2, -0.15) is 0 Å². The summed E-state index contributed by atoms with van der Waals surface area (Å²) in [6.45, 7) is 7.87. The van der Waals surface area contributed by atoms with Gasteiger partial charge in [0, 0.05) is 25.1 Å². The van der Waals surface area contributed by atoms with Gasteiger partial charge in [-0.05, 0) is 20.8 Å². The third kappa shape index (κ3) is 2.45. The van der Waals surface area contributed by atoms with Crippen molar-refractivity contribution in [3.05, 3.63) is 17.6 Å². The molecule has 0 saturated carbocycles. The lowest BCUT2D eigenvalue weighted by atomic mass is 10.1. The van der Waals surface area contributed by atoms with E-state index in [1.165, 1.54) is 0 Å². The lowest BCUT2D eigenvalue weighted by molar-refractivity contribution is 0.121. The molecule has 2 rings (SSSR count). The predicted octanol–water partition coefficient (Wildman–Crippen LogP) is 1.30. The Kier molecular flexibility index (Phi) is 2.61. The highest BCUT2D eigenvalue weighted by Crippen LogP contribution is 2.23. The van der Waals surface area contributed by atoms with Gasteiger partial charge in [-0.1, -0.05) is 0 Å². The maximum Gasteiger partial charge on any atom is 0.221 e. The van der Waals surface area contributed by atoms with E-state index in [0.717, 1.165) is 36.6 Å². The fourth-order valence-electron chi connectivity index (χ4n) is 1.62. The molecular weight excluding hydrogens is 190 g/mol. The van der Waals surface area contributed by atoms with Crippen LogP contribution < -0.4 is 10.1 Å². The largest absolute Gasteiger partial charge is 0.472 e. The Hall–Kier alpha value is -1.16. The van der Waals surface area contributed by atoms with Crippen molar-refractivity contribution < 1.29 is 4.74 Å². The third-order valence-corrected chi connectivity index (χ3v) is 2.24. The summed E-state index contributed by atoms with van der Waals surface area (Å²) in [5, 5.41) is 3.31. The average molecular weight is 207 g/mol. The van der Waals surface area contributed by atoms with Crippen molar-refractivity contribution in [2.75, 3.05) is 6.54 Å². The average Bonchev–Trinajstić information content (AvgIpc) is 2.16. The topological polar surface area (TPSA) is 47.0 Å². The number of ether oxygens (including phenoxy) is 1. The van der Waals surface area contributed by atoms with Crippen LogP contribution in [0.25, 0.3) is 0 Å². The second-order valence-electron chi connectivity index (χ2n) is 4.75. The van der Waals surface area contributed by atoms with Crippen molar-refractivity contribution in [1.29, 1.82) is 0 Å². The standard InChI is InChI=1S/C11H17N3O/c1-11(2,3)15-10-8-6-12-5-4-9(8)13-7-14-10/h7,12H,4-6H2,1-3H3. The van der Waals surface area contributed by atoms with Crippen LogP contribution in [0.15, 0.2) is 6.33 Å². The van der Waals surface area contributed by atoms with Gasteiger partial charge in [-0.25, -0.2) is 9.97 Å². The summed E-state index contributed by atoms with van der Waals surface area (Å²) in [6, 6.07) is 0. The molecule has 1 aliphatic rings. The summed E-state index contributed by atoms with van der Waals surface area (Å²) < 4.78 is 5.81. The van der Waals surface area contributed by atoms with E-state index in [9.17, 15) is 0 Å². The van der Waals surface area contributed by atoms with E-state index in [-0.39, 0.29) is 5.60 Å². The van der Waals surface area contributed by atoms with Gasteiger partial charge < -0.3 is 10.1 Å². The minimum absolute atomic E-state index is 0.209. The van der Waals surface area contributed by atoms with Crippen LogP contribution in [0.2, 0.25) is 0 Å². The van der Waals surface area contributed by atoms with Crippen LogP contribution in [0.5, 0.6) is 5.88 Å². The molecule has 0 spiro atoms. The summed E-state index contributed by atoms with van der Waals surface area (Å²) in [7, 11) is 0. The SMILES string of the molecule is CC(C)(C)Oc1ncnc2c1CNCC2. The molecular formula is C11H17N3O. The number of hydrogen-bond acceptors (Lipinski definition) is 4. The highest BCUT2D eigenvalue weighted by atomic mass is 16.5. The molecule has 1 aliphatic heterocycles. The van der Waals surface area contributed by atoms with Crippen LogP contribution in [-0.2, 0) is 13.0 Å². The number of hydrogen-bond donors (Lipinski definition) is 1. The first-order chi connectivity index (χ1) is 7.06. The van der Waals surface area contributed by atoms with Crippen molar-refractivity contribution in [2.24, 2.45) is 0 Å². The smallest absolute Gasteiger partial charge is 0.221 e. The van der Waals surface area contributed by atoms with Crippen LogP contribution in [-0.4, -0.2) is 22.1 Å². The van der Waals surface area contributed by atoms with Gasteiger partial charge in [0.25, 0.3) is 0 Å². The lowest BCUT2D eigenvalue weighted by Crippen LogP contribution is -2.29. The van der Waals surface area contributed by atoms with E-state index in [4.69, 9.17) is 4.74 Å². The molecule has 0 radical (unpaired) electrons. The summed E-state index contributed by atoms with van der Waals surface area (Å²) in [5.74, 6) is 0.722. The molecule has 0 bridgehead atoms. The third-order valence-electron chi connectivity index (χ3n) is 2.24. The molecule has 0 saturated heterocycles. The first-order valence-electron chi connectivity index (χ1n) is 5.29. The van der Waals surface area contributed by atoms with Crippen molar-refractivity contribution in [1.82, 2.24) is 15.3 Å². The number of fused-ring (bicyclic) bond motifs is 1. The predicted molar refractivity (Wildman–Crippen MR) is 57.8 cm³/mol. The Morgan fingerprint density at radius 3 is 2.87 bits per heavy atom. The first kappa shape index (κ1) is 10.4. The van der Waals surface area contributed by atoms with Crippen molar-refractivity contribution in [2.45, 2.75) is 39.3 Å². The molecule has 4 nitrogen and oxygen atoms in total. The van der Waals surface area contributed by atoms with E-state index >= 15 is 0 Å². The highest BCUT2D eigenvalue weighted by molar-refractivity contribution is 5.31. The Morgan fingerprint density at radius 2 is 2.13 bits per heavy atom. The maximum atomic E-state index is 5.81. The zero-order chi connectivity index (χ0) is 10.9. The number of rotatable bonds is 1. The molecule has 0 aromatic carbocycles. The summed E-state index contributed by atoms with van der Waals surface area (Å²) in [5.41, 5.74) is 2.02. The fourth-order valence-corrected chi connectivity index (χ4v) is 1.62. The van der Waals surface area contributed by atoms with Crippen LogP contribution in [0.3, 0.4) is 0 Å². The van der Waals surface area contributed by atoms with Crippen LogP contribution >= 0.6 is 0 Å². The van der Waals surface area contributed by atoms with Gasteiger partial charge >= 0.3 is 0 Å². The van der Waals surface area contributed by atoms with Gasteiger partial charge in [0.05, 0.1) is 5.69 Å². The second-order valence-corrected chi connectivity index (χ2v) is 4.75. The monoisotopic (exact) mass is 207 g/mol. The van der Waals surface area contributed by atoms with Crippen molar-refractivity contribution in [3.63, 3.8) is 0 Å². The second kappa shape index (κ2) is 3.77. The quantitative estimate of drug-likeness (QED) is 0.754. The molecule has 1 aromatic rings. The summed E-state index contributed by atoms with van der Waals surface area (Å²) in [6.07, 6.45) is 2.55. The molecule has 82 valence electrons. The molecule has 15 heavy (non-hydrogen) atoms. The Morgan fingerprint density at radius 1 is 1.33 bits per heavy atom. The molecule has 2 heterocycles. The molecule has 4 heteroatoms. The number of nitrogens with zero attached hydrogens (tertiary/aromatic N) is 2. The minimum atomic E-state index is -0.209. The van der Waals surface area contributed by atoms with Gasteiger partial charge in [-0.15, -0.1) is 0 Å². The lowest BCUT2D eigenvalue weighted by Gasteiger charge is -2.24. The molecule has 0 fully saturated rings. The van der Waals surface area contributed by atoms with E-state index in [2.05, 4.69) is 15.3 Å². The molecule has 0 unspecified atom stereocenters. The molecule has 0 amide bonds. The highest BCUT2D eigenvalue weighted by Gasteiger charge is 2.20. The first-order valence-corrected chi connectivity index (χ1v) is 5.29. The van der Waals surface area contributed by atoms with Gasteiger partial charge in [0.1, 0.15) is 11.9 Å².